The molecule has 1 saturated heterocycles. The van der Waals surface area contributed by atoms with Crippen molar-refractivity contribution in [2.45, 2.75) is 25.7 Å². The molecule has 3 rings (SSSR count). The molecule has 2 heterocycles. The highest BCUT2D eigenvalue weighted by atomic mass is 79.9. The first-order valence-corrected chi connectivity index (χ1v) is 10.0. The Labute approximate surface area is 159 Å². The molecule has 0 unspecified atom stereocenters. The van der Waals surface area contributed by atoms with Gasteiger partial charge in [-0.15, -0.1) is 11.3 Å². The molecular formula is C18H20BrN3O2S. The molecule has 1 aliphatic heterocycles. The van der Waals surface area contributed by atoms with Gasteiger partial charge in [-0.25, -0.2) is 4.98 Å². The highest BCUT2D eigenvalue weighted by Crippen LogP contribution is 2.26. The standard InChI is InChI=1S/C18H20BrN3O2S/c19-14-5-3-4-13(10-14)18-21-15(12-25-18)11-16(23)20-7-6-17(24)22-8-1-2-9-22/h3-5,10,12H,1-2,6-9,11H2,(H,20,23). The molecule has 25 heavy (non-hydrogen) atoms. The molecule has 0 atom stereocenters. The van der Waals surface area contributed by atoms with Crippen molar-refractivity contribution in [1.29, 1.82) is 0 Å². The van der Waals surface area contributed by atoms with Crippen molar-refractivity contribution < 1.29 is 9.59 Å². The second kappa shape index (κ2) is 8.58. The van der Waals surface area contributed by atoms with Gasteiger partial charge in [-0.1, -0.05) is 28.1 Å². The molecule has 5 nitrogen and oxygen atoms in total. The van der Waals surface area contributed by atoms with E-state index in [0.29, 0.717) is 13.0 Å². The van der Waals surface area contributed by atoms with Crippen LogP contribution in [0.1, 0.15) is 25.0 Å². The van der Waals surface area contributed by atoms with Crippen LogP contribution in [0.25, 0.3) is 10.6 Å². The van der Waals surface area contributed by atoms with E-state index in [4.69, 9.17) is 0 Å². The lowest BCUT2D eigenvalue weighted by atomic mass is 10.2. The Morgan fingerprint density at radius 2 is 2.08 bits per heavy atom. The molecule has 0 radical (unpaired) electrons. The fourth-order valence-electron chi connectivity index (χ4n) is 2.80. The van der Waals surface area contributed by atoms with Crippen LogP contribution >= 0.6 is 27.3 Å². The molecule has 1 aliphatic rings. The van der Waals surface area contributed by atoms with Crippen LogP contribution in [0.5, 0.6) is 0 Å². The topological polar surface area (TPSA) is 62.3 Å². The summed E-state index contributed by atoms with van der Waals surface area (Å²) < 4.78 is 1.00. The van der Waals surface area contributed by atoms with Crippen LogP contribution in [-0.4, -0.2) is 41.3 Å². The highest BCUT2D eigenvalue weighted by Gasteiger charge is 2.17. The Kier molecular flexibility index (Phi) is 6.20. The van der Waals surface area contributed by atoms with Gasteiger partial charge in [-0.3, -0.25) is 9.59 Å². The zero-order valence-electron chi connectivity index (χ0n) is 13.8. The molecule has 0 spiro atoms. The molecule has 1 aromatic carbocycles. The number of aromatic nitrogens is 1. The summed E-state index contributed by atoms with van der Waals surface area (Å²) in [6, 6.07) is 7.93. The number of amides is 2. The SMILES string of the molecule is O=C(Cc1csc(-c2cccc(Br)c2)n1)NCCC(=O)N1CCCC1. The quantitative estimate of drug-likeness (QED) is 0.778. The van der Waals surface area contributed by atoms with Gasteiger partial charge in [0.2, 0.25) is 11.8 Å². The summed E-state index contributed by atoms with van der Waals surface area (Å²) in [6.07, 6.45) is 2.78. The lowest BCUT2D eigenvalue weighted by Crippen LogP contribution is -2.33. The molecule has 0 bridgehead atoms. The lowest BCUT2D eigenvalue weighted by molar-refractivity contribution is -0.130. The van der Waals surface area contributed by atoms with Crippen molar-refractivity contribution in [3.8, 4) is 10.6 Å². The summed E-state index contributed by atoms with van der Waals surface area (Å²) in [5.74, 6) is 0.0312. The third-order valence-electron chi connectivity index (χ3n) is 4.08. The fraction of sp³-hybridized carbons (Fsp3) is 0.389. The maximum atomic E-state index is 12.0. The number of hydrogen-bond donors (Lipinski definition) is 1. The number of thiazole rings is 1. The molecule has 132 valence electrons. The number of benzene rings is 1. The first kappa shape index (κ1) is 18.1. The van der Waals surface area contributed by atoms with E-state index in [1.165, 1.54) is 11.3 Å². The van der Waals surface area contributed by atoms with Crippen LogP contribution in [0.3, 0.4) is 0 Å². The highest BCUT2D eigenvalue weighted by molar-refractivity contribution is 9.10. The summed E-state index contributed by atoms with van der Waals surface area (Å²) in [5.41, 5.74) is 1.78. The number of rotatable bonds is 6. The van der Waals surface area contributed by atoms with Gasteiger partial charge < -0.3 is 10.2 Å². The molecule has 0 saturated carbocycles. The van der Waals surface area contributed by atoms with E-state index in [0.717, 1.165) is 46.7 Å². The molecule has 1 fully saturated rings. The number of nitrogens with one attached hydrogen (secondary N) is 1. The zero-order chi connectivity index (χ0) is 17.6. The maximum absolute atomic E-state index is 12.0. The third-order valence-corrected chi connectivity index (χ3v) is 5.52. The minimum Gasteiger partial charge on any atom is -0.355 e. The first-order chi connectivity index (χ1) is 12.1. The van der Waals surface area contributed by atoms with Gasteiger partial charge in [0.05, 0.1) is 12.1 Å². The molecule has 2 aromatic rings. The van der Waals surface area contributed by atoms with Crippen molar-refractivity contribution in [2.75, 3.05) is 19.6 Å². The molecule has 1 N–H and O–H groups in total. The number of likely N-dealkylation sites (tertiary alicyclic amines) is 1. The lowest BCUT2D eigenvalue weighted by Gasteiger charge is -2.15. The van der Waals surface area contributed by atoms with Gasteiger partial charge in [0, 0.05) is 41.5 Å². The van der Waals surface area contributed by atoms with Gasteiger partial charge in [-0.05, 0) is 25.0 Å². The summed E-state index contributed by atoms with van der Waals surface area (Å²) in [5, 5.41) is 5.62. The first-order valence-electron chi connectivity index (χ1n) is 8.36. The van der Waals surface area contributed by atoms with Crippen molar-refractivity contribution in [3.63, 3.8) is 0 Å². The third kappa shape index (κ3) is 5.12. The molecule has 1 aromatic heterocycles. The van der Waals surface area contributed by atoms with E-state index in [1.54, 1.807) is 0 Å². The van der Waals surface area contributed by atoms with E-state index in [1.807, 2.05) is 34.5 Å². The Hall–Kier alpha value is -1.73. The second-order valence-electron chi connectivity index (χ2n) is 6.02. The van der Waals surface area contributed by atoms with Gasteiger partial charge in [-0.2, -0.15) is 0 Å². The van der Waals surface area contributed by atoms with Crippen LogP contribution in [0.2, 0.25) is 0 Å². The van der Waals surface area contributed by atoms with Crippen molar-refractivity contribution >= 4 is 39.1 Å². The van der Waals surface area contributed by atoms with Gasteiger partial charge in [0.25, 0.3) is 0 Å². The number of halogens is 1. The predicted molar refractivity (Wildman–Crippen MR) is 102 cm³/mol. The van der Waals surface area contributed by atoms with E-state index in [9.17, 15) is 9.59 Å². The van der Waals surface area contributed by atoms with Crippen LogP contribution in [0.15, 0.2) is 34.1 Å². The fourth-order valence-corrected chi connectivity index (χ4v) is 4.02. The maximum Gasteiger partial charge on any atom is 0.226 e. The Morgan fingerprint density at radius 3 is 2.84 bits per heavy atom. The predicted octanol–water partition coefficient (Wildman–Crippen LogP) is 3.24. The number of hydrogen-bond acceptors (Lipinski definition) is 4. The minimum atomic E-state index is -0.0969. The molecule has 2 amide bonds. The van der Waals surface area contributed by atoms with Gasteiger partial charge >= 0.3 is 0 Å². The largest absolute Gasteiger partial charge is 0.355 e. The van der Waals surface area contributed by atoms with Gasteiger partial charge in [0.15, 0.2) is 0 Å². The average molecular weight is 422 g/mol. The number of nitrogens with zero attached hydrogens (tertiary/aromatic N) is 2. The molecule has 7 heteroatoms. The number of carbonyl (C=O) groups is 2. The van der Waals surface area contributed by atoms with E-state index < -0.39 is 0 Å². The Morgan fingerprint density at radius 1 is 1.28 bits per heavy atom. The van der Waals surface area contributed by atoms with E-state index in [-0.39, 0.29) is 18.2 Å². The molecular weight excluding hydrogens is 402 g/mol. The average Bonchev–Trinajstić information content (AvgIpc) is 3.26. The minimum absolute atomic E-state index is 0.0969. The van der Waals surface area contributed by atoms with Crippen LogP contribution in [0, 0.1) is 0 Å². The van der Waals surface area contributed by atoms with Crippen molar-refractivity contribution in [3.05, 3.63) is 39.8 Å². The van der Waals surface area contributed by atoms with Crippen LogP contribution in [-0.2, 0) is 16.0 Å². The normalized spacial score (nSPS) is 13.9. The van der Waals surface area contributed by atoms with Crippen molar-refractivity contribution in [2.24, 2.45) is 0 Å². The Bertz CT molecular complexity index is 756. The summed E-state index contributed by atoms with van der Waals surface area (Å²) in [7, 11) is 0. The zero-order valence-corrected chi connectivity index (χ0v) is 16.2. The van der Waals surface area contributed by atoms with Crippen LogP contribution in [0.4, 0.5) is 0 Å². The molecule has 0 aliphatic carbocycles. The van der Waals surface area contributed by atoms with E-state index >= 15 is 0 Å². The summed E-state index contributed by atoms with van der Waals surface area (Å²) >= 11 is 4.98. The number of carbonyl (C=O) groups excluding carboxylic acids is 2. The van der Waals surface area contributed by atoms with Crippen LogP contribution < -0.4 is 5.32 Å². The van der Waals surface area contributed by atoms with E-state index in [2.05, 4.69) is 26.2 Å². The smallest absolute Gasteiger partial charge is 0.226 e. The second-order valence-corrected chi connectivity index (χ2v) is 7.79. The Balaban J connectivity index is 1.46. The summed E-state index contributed by atoms with van der Waals surface area (Å²) in [4.78, 5) is 30.4. The van der Waals surface area contributed by atoms with Crippen molar-refractivity contribution in [1.82, 2.24) is 15.2 Å². The summed E-state index contributed by atoms with van der Waals surface area (Å²) in [6.45, 7) is 2.09. The van der Waals surface area contributed by atoms with Gasteiger partial charge in [0.1, 0.15) is 5.01 Å². The monoisotopic (exact) mass is 421 g/mol.